The molecule has 37 heavy (non-hydrogen) atoms. The Morgan fingerprint density at radius 1 is 0.432 bits per heavy atom. The van der Waals surface area contributed by atoms with Crippen molar-refractivity contribution in [2.24, 2.45) is 0 Å². The molecule has 0 saturated heterocycles. The molecule has 0 saturated carbocycles. The summed E-state index contributed by atoms with van der Waals surface area (Å²) in [5, 5.41) is 0. The van der Waals surface area contributed by atoms with Crippen LogP contribution in [0.1, 0.15) is 20.8 Å². The van der Waals surface area contributed by atoms with Crippen LogP contribution in [0.15, 0.2) is 106 Å². The largest absolute Gasteiger partial charge is 0.296 e. The number of rotatable bonds is 9. The van der Waals surface area contributed by atoms with Gasteiger partial charge in [0.1, 0.15) is 0 Å². The first kappa shape index (κ1) is 34.9. The van der Waals surface area contributed by atoms with Crippen LogP contribution in [0.2, 0.25) is 0 Å². The first-order valence-electron chi connectivity index (χ1n) is 10.8. The molecule has 0 aliphatic rings. The summed E-state index contributed by atoms with van der Waals surface area (Å²) in [6.45, 7) is 5.41. The zero-order valence-corrected chi connectivity index (χ0v) is 24.1. The summed E-state index contributed by atoms with van der Waals surface area (Å²) in [5.41, 5.74) is 0. The summed E-state index contributed by atoms with van der Waals surface area (Å²) in [7, 11) is -10.5. The maximum Gasteiger partial charge on any atom is 0.296 e. The molecule has 3 rings (SSSR count). The van der Waals surface area contributed by atoms with E-state index in [2.05, 4.69) is 12.5 Å². The van der Waals surface area contributed by atoms with Crippen molar-refractivity contribution in [1.29, 1.82) is 0 Å². The van der Waals surface area contributed by atoms with Gasteiger partial charge in [-0.3, -0.25) is 12.5 Å². The number of hydrogen-bond acceptors (Lipinski definition) is 9. The minimum atomic E-state index is -3.51. The Labute approximate surface area is 230 Å². The third kappa shape index (κ3) is 12.8. The molecule has 206 valence electrons. The van der Waals surface area contributed by atoms with Crippen molar-refractivity contribution in [3.63, 3.8) is 0 Å². The molecule has 0 heterocycles. The predicted octanol–water partition coefficient (Wildman–Crippen LogP) is 4.23. The van der Waals surface area contributed by atoms with Crippen molar-refractivity contribution in [3.05, 3.63) is 91.0 Å². The van der Waals surface area contributed by atoms with Gasteiger partial charge in [0.2, 0.25) is 0 Å². The van der Waals surface area contributed by atoms with Crippen LogP contribution in [0.4, 0.5) is 0 Å². The van der Waals surface area contributed by atoms with Crippen molar-refractivity contribution >= 4 is 30.4 Å². The van der Waals surface area contributed by atoms with Crippen LogP contribution >= 0.6 is 0 Å². The van der Waals surface area contributed by atoms with E-state index < -0.39 is 30.4 Å². The molecule has 3 aromatic carbocycles. The van der Waals surface area contributed by atoms with E-state index in [4.69, 9.17) is 0 Å². The van der Waals surface area contributed by atoms with Crippen LogP contribution in [-0.4, -0.2) is 45.1 Å². The summed E-state index contributed by atoms with van der Waals surface area (Å²) in [4.78, 5) is 0.602. The first-order chi connectivity index (χ1) is 17.0. The molecule has 0 unspecified atom stereocenters. The summed E-state index contributed by atoms with van der Waals surface area (Å²) in [5.74, 6) is 0. The smallest absolute Gasteiger partial charge is 0.267 e. The average Bonchev–Trinajstić information content (AvgIpc) is 2.86. The molecule has 0 radical (unpaired) electrons. The van der Waals surface area contributed by atoms with Crippen LogP contribution in [0.5, 0.6) is 0 Å². The molecule has 0 fully saturated rings. The molecule has 13 heteroatoms. The number of hydrogen-bond donors (Lipinski definition) is 0. The van der Waals surface area contributed by atoms with E-state index in [0.29, 0.717) is 0 Å². The van der Waals surface area contributed by atoms with E-state index in [1.54, 1.807) is 75.4 Å². The first-order valence-corrected chi connectivity index (χ1v) is 15.1. The Morgan fingerprint density at radius 2 is 0.622 bits per heavy atom. The molecule has 0 spiro atoms. The predicted molar refractivity (Wildman–Crippen MR) is 136 cm³/mol. The molecular weight excluding hydrogens is 584 g/mol. The fourth-order valence-corrected chi connectivity index (χ4v) is 5.24. The van der Waals surface area contributed by atoms with Crippen LogP contribution in [0.3, 0.4) is 0 Å². The van der Waals surface area contributed by atoms with Crippen LogP contribution < -0.4 is 0 Å². The molecule has 0 aromatic heterocycles. The minimum Gasteiger partial charge on any atom is -0.267 e. The Hall–Kier alpha value is -2.09. The molecule has 0 atom stereocenters. The second kappa shape index (κ2) is 17.4. The third-order valence-corrected chi connectivity index (χ3v) is 8.10. The summed E-state index contributed by atoms with van der Waals surface area (Å²) in [6, 6.07) is 24.2. The Bertz CT molecular complexity index is 1160. The molecule has 0 bridgehead atoms. The Balaban J connectivity index is 0.000000518. The van der Waals surface area contributed by atoms with Gasteiger partial charge in [-0.1, -0.05) is 54.6 Å². The monoisotopic (exact) mass is 614 g/mol. The van der Waals surface area contributed by atoms with E-state index in [0.717, 1.165) is 0 Å². The van der Waals surface area contributed by atoms with E-state index in [1.165, 1.54) is 36.4 Å². The van der Waals surface area contributed by atoms with Gasteiger partial charge >= 0.3 is 0 Å². The van der Waals surface area contributed by atoms with Gasteiger partial charge in [0.05, 0.1) is 34.5 Å². The SMILES string of the molecule is CCOS(=O)(=O)c1ccccc1.CCOS(=O)(=O)c1ccccc1.CCOS(=O)(=O)c1ccccc1.[Fe]. The molecule has 0 N–H and O–H groups in total. The van der Waals surface area contributed by atoms with Crippen molar-refractivity contribution in [3.8, 4) is 0 Å². The molecule has 9 nitrogen and oxygen atoms in total. The van der Waals surface area contributed by atoms with Gasteiger partial charge in [-0.15, -0.1) is 0 Å². The van der Waals surface area contributed by atoms with Gasteiger partial charge in [-0.25, -0.2) is 0 Å². The summed E-state index contributed by atoms with van der Waals surface area (Å²) < 4.78 is 81.0. The topological polar surface area (TPSA) is 130 Å². The zero-order chi connectivity index (χ0) is 27.1. The molecule has 0 aliphatic heterocycles. The van der Waals surface area contributed by atoms with Gasteiger partial charge in [0, 0.05) is 17.1 Å². The van der Waals surface area contributed by atoms with Gasteiger partial charge in [0.15, 0.2) is 0 Å². The second-order valence-electron chi connectivity index (χ2n) is 6.52. The van der Waals surface area contributed by atoms with Gasteiger partial charge in [0.25, 0.3) is 30.4 Å². The number of benzene rings is 3. The van der Waals surface area contributed by atoms with Crippen LogP contribution in [0.25, 0.3) is 0 Å². The van der Waals surface area contributed by atoms with Crippen molar-refractivity contribution in [1.82, 2.24) is 0 Å². The molecule has 0 amide bonds. The van der Waals surface area contributed by atoms with Gasteiger partial charge < -0.3 is 0 Å². The van der Waals surface area contributed by atoms with E-state index in [1.807, 2.05) is 0 Å². The van der Waals surface area contributed by atoms with E-state index in [9.17, 15) is 25.3 Å². The molecular formula is C24H30FeO9S3. The van der Waals surface area contributed by atoms with Gasteiger partial charge in [-0.05, 0) is 57.2 Å². The van der Waals surface area contributed by atoms with E-state index >= 15 is 0 Å². The summed E-state index contributed by atoms with van der Waals surface area (Å²) >= 11 is 0. The quantitative estimate of drug-likeness (QED) is 0.257. The van der Waals surface area contributed by atoms with Crippen molar-refractivity contribution < 1.29 is 54.9 Å². The fourth-order valence-electron chi connectivity index (χ4n) is 2.43. The second-order valence-corrected chi connectivity index (χ2v) is 11.4. The third-order valence-electron chi connectivity index (χ3n) is 3.91. The zero-order valence-electron chi connectivity index (χ0n) is 20.5. The van der Waals surface area contributed by atoms with Crippen molar-refractivity contribution in [2.45, 2.75) is 35.5 Å². The maximum atomic E-state index is 11.2. The molecule has 0 aliphatic carbocycles. The summed E-state index contributed by atoms with van der Waals surface area (Å²) in [6.07, 6.45) is 0. The Kier molecular flexibility index (Phi) is 16.4. The fraction of sp³-hybridized carbons (Fsp3) is 0.250. The Morgan fingerprint density at radius 3 is 0.784 bits per heavy atom. The minimum absolute atomic E-state index is 0. The maximum absolute atomic E-state index is 11.2. The molecule has 3 aromatic rings. The van der Waals surface area contributed by atoms with Crippen molar-refractivity contribution in [2.75, 3.05) is 19.8 Å². The van der Waals surface area contributed by atoms with Crippen LogP contribution in [0, 0.1) is 0 Å². The average molecular weight is 615 g/mol. The standard InChI is InChI=1S/3C8H10O3S.Fe/c3*1-2-11-12(9,10)8-6-4-3-5-7-8;/h3*3-7H,2H2,1H3;. The normalized spacial score (nSPS) is 11.1. The van der Waals surface area contributed by atoms with Crippen LogP contribution in [-0.2, 0) is 60.0 Å². The van der Waals surface area contributed by atoms with E-state index in [-0.39, 0.29) is 51.6 Å². The van der Waals surface area contributed by atoms with Gasteiger partial charge in [-0.2, -0.15) is 25.3 Å².